The maximum absolute atomic E-state index is 12.5. The number of nitrogens with one attached hydrogen (secondary N) is 1. The molecule has 0 radical (unpaired) electrons. The maximum atomic E-state index is 12.5. The zero-order valence-corrected chi connectivity index (χ0v) is 17.9. The summed E-state index contributed by atoms with van der Waals surface area (Å²) in [5.41, 5.74) is 4.33. The number of ether oxygens (including phenoxy) is 2. The highest BCUT2D eigenvalue weighted by Gasteiger charge is 2.29. The molecule has 1 atom stereocenters. The van der Waals surface area contributed by atoms with E-state index in [0.29, 0.717) is 0 Å². The molecule has 0 aliphatic heterocycles. The van der Waals surface area contributed by atoms with E-state index in [4.69, 9.17) is 9.47 Å². The van der Waals surface area contributed by atoms with E-state index in [2.05, 4.69) is 17.4 Å². The molecule has 0 bridgehead atoms. The molecule has 33 heavy (non-hydrogen) atoms. The Hall–Kier alpha value is -4.20. The Bertz CT molecular complexity index is 1150. The SMILES string of the molecule is CC[C@@H](NC(=O)OCC1c2ccccc2-c2ccccc21)C(=O)Oc1ccc([N+](=O)[O-])cc1. The van der Waals surface area contributed by atoms with Gasteiger partial charge in [-0.2, -0.15) is 0 Å². The average molecular weight is 446 g/mol. The fourth-order valence-corrected chi connectivity index (χ4v) is 3.93. The van der Waals surface area contributed by atoms with E-state index in [1.165, 1.54) is 24.3 Å². The van der Waals surface area contributed by atoms with E-state index in [1.54, 1.807) is 6.92 Å². The predicted octanol–water partition coefficient (Wildman–Crippen LogP) is 4.82. The van der Waals surface area contributed by atoms with Gasteiger partial charge in [-0.15, -0.1) is 0 Å². The lowest BCUT2D eigenvalue weighted by Crippen LogP contribution is -2.43. The molecule has 0 saturated heterocycles. The topological polar surface area (TPSA) is 108 Å². The van der Waals surface area contributed by atoms with Crippen LogP contribution in [-0.2, 0) is 9.53 Å². The van der Waals surface area contributed by atoms with Gasteiger partial charge in [0.2, 0.25) is 0 Å². The van der Waals surface area contributed by atoms with Gasteiger partial charge in [0.05, 0.1) is 4.92 Å². The number of amides is 1. The number of hydrogen-bond donors (Lipinski definition) is 1. The molecule has 168 valence electrons. The molecule has 0 fully saturated rings. The Balaban J connectivity index is 1.37. The molecule has 1 amide bonds. The summed E-state index contributed by atoms with van der Waals surface area (Å²) in [6, 6.07) is 20.2. The van der Waals surface area contributed by atoms with E-state index >= 15 is 0 Å². The maximum Gasteiger partial charge on any atom is 0.407 e. The molecule has 0 unspecified atom stereocenters. The number of nitro benzene ring substituents is 1. The van der Waals surface area contributed by atoms with Crippen molar-refractivity contribution in [2.75, 3.05) is 6.61 Å². The predicted molar refractivity (Wildman–Crippen MR) is 121 cm³/mol. The van der Waals surface area contributed by atoms with Gasteiger partial charge < -0.3 is 14.8 Å². The summed E-state index contributed by atoms with van der Waals surface area (Å²) in [4.78, 5) is 35.1. The van der Waals surface area contributed by atoms with Gasteiger partial charge in [0.25, 0.3) is 5.69 Å². The van der Waals surface area contributed by atoms with Gasteiger partial charge in [0, 0.05) is 18.1 Å². The third-order valence-corrected chi connectivity index (χ3v) is 5.59. The normalized spacial score (nSPS) is 12.9. The minimum absolute atomic E-state index is 0.0877. The summed E-state index contributed by atoms with van der Waals surface area (Å²) < 4.78 is 10.7. The Morgan fingerprint density at radius 3 is 2.09 bits per heavy atom. The monoisotopic (exact) mass is 446 g/mol. The van der Waals surface area contributed by atoms with Gasteiger partial charge in [0.15, 0.2) is 0 Å². The Labute approximate surface area is 190 Å². The van der Waals surface area contributed by atoms with Crippen LogP contribution in [0.4, 0.5) is 10.5 Å². The molecule has 3 aromatic rings. The average Bonchev–Trinajstić information content (AvgIpc) is 3.15. The standard InChI is InChI=1S/C25H22N2O6/c1-2-23(24(28)33-17-13-11-16(12-14-17)27(30)31)26-25(29)32-15-22-20-9-5-3-7-18(20)19-8-4-6-10-21(19)22/h3-14,22-23H,2,15H2,1H3,(H,26,29)/t23-/m1/s1. The lowest BCUT2D eigenvalue weighted by atomic mass is 9.98. The van der Waals surface area contributed by atoms with Gasteiger partial charge in [-0.05, 0) is 40.8 Å². The number of nitro groups is 1. The molecule has 1 N–H and O–H groups in total. The first-order valence-electron chi connectivity index (χ1n) is 10.6. The van der Waals surface area contributed by atoms with Crippen LogP contribution in [0.5, 0.6) is 5.75 Å². The Morgan fingerprint density at radius 1 is 0.970 bits per heavy atom. The van der Waals surface area contributed by atoms with E-state index < -0.39 is 23.0 Å². The van der Waals surface area contributed by atoms with Crippen molar-refractivity contribution in [3.8, 4) is 16.9 Å². The Morgan fingerprint density at radius 2 is 1.55 bits per heavy atom. The summed E-state index contributed by atoms with van der Waals surface area (Å²) in [5.74, 6) is -0.617. The van der Waals surface area contributed by atoms with Gasteiger partial charge >= 0.3 is 12.1 Å². The number of rotatable bonds is 7. The smallest absolute Gasteiger partial charge is 0.407 e. The second-order valence-corrected chi connectivity index (χ2v) is 7.60. The zero-order valence-electron chi connectivity index (χ0n) is 17.9. The molecule has 1 aliphatic carbocycles. The fraction of sp³-hybridized carbons (Fsp3) is 0.200. The number of benzene rings is 3. The molecule has 1 aliphatic rings. The summed E-state index contributed by atoms with van der Waals surface area (Å²) in [6.45, 7) is 1.86. The first kappa shape index (κ1) is 22.0. The minimum Gasteiger partial charge on any atom is -0.449 e. The number of nitrogens with zero attached hydrogens (tertiary/aromatic N) is 1. The summed E-state index contributed by atoms with van der Waals surface area (Å²) in [5, 5.41) is 13.3. The van der Waals surface area contributed by atoms with E-state index in [-0.39, 0.29) is 30.4 Å². The van der Waals surface area contributed by atoms with Crippen LogP contribution in [0, 0.1) is 10.1 Å². The van der Waals surface area contributed by atoms with Crippen molar-refractivity contribution in [2.45, 2.75) is 25.3 Å². The van der Waals surface area contributed by atoms with E-state index in [0.717, 1.165) is 22.3 Å². The zero-order chi connectivity index (χ0) is 23.4. The minimum atomic E-state index is -0.921. The molecule has 0 saturated carbocycles. The van der Waals surface area contributed by atoms with Crippen molar-refractivity contribution >= 4 is 17.7 Å². The molecule has 4 rings (SSSR count). The van der Waals surface area contributed by atoms with E-state index in [9.17, 15) is 19.7 Å². The molecule has 0 spiro atoms. The molecule has 3 aromatic carbocycles. The fourth-order valence-electron chi connectivity index (χ4n) is 3.93. The Kier molecular flexibility index (Phi) is 6.35. The first-order valence-corrected chi connectivity index (χ1v) is 10.6. The van der Waals surface area contributed by atoms with E-state index in [1.807, 2.05) is 36.4 Å². The summed E-state index contributed by atoms with van der Waals surface area (Å²) >= 11 is 0. The van der Waals surface area contributed by atoms with Crippen molar-refractivity contribution in [2.24, 2.45) is 0 Å². The third-order valence-electron chi connectivity index (χ3n) is 5.59. The quantitative estimate of drug-likeness (QED) is 0.241. The number of carbonyl (C=O) groups excluding carboxylic acids is 2. The van der Waals surface area contributed by atoms with Gasteiger partial charge in [0.1, 0.15) is 18.4 Å². The third kappa shape index (κ3) is 4.69. The molecule has 8 heteroatoms. The van der Waals surface area contributed by atoms with Gasteiger partial charge in [-0.3, -0.25) is 10.1 Å². The van der Waals surface area contributed by atoms with Crippen LogP contribution in [0.25, 0.3) is 11.1 Å². The molecule has 0 heterocycles. The van der Waals surface area contributed by atoms with Crippen LogP contribution in [0.1, 0.15) is 30.4 Å². The first-order chi connectivity index (χ1) is 16.0. The van der Waals surface area contributed by atoms with Crippen molar-refractivity contribution in [1.29, 1.82) is 0 Å². The molecule has 8 nitrogen and oxygen atoms in total. The number of alkyl carbamates (subject to hydrolysis) is 1. The largest absolute Gasteiger partial charge is 0.449 e. The van der Waals surface area contributed by atoms with Crippen LogP contribution in [0.2, 0.25) is 0 Å². The number of fused-ring (bicyclic) bond motifs is 3. The van der Waals surface area contributed by atoms with Crippen molar-refractivity contribution in [3.05, 3.63) is 94.0 Å². The molecular weight excluding hydrogens is 424 g/mol. The van der Waals surface area contributed by atoms with Gasteiger partial charge in [-0.25, -0.2) is 9.59 Å². The van der Waals surface area contributed by atoms with Crippen molar-refractivity contribution in [3.63, 3.8) is 0 Å². The van der Waals surface area contributed by atoms with Crippen molar-refractivity contribution in [1.82, 2.24) is 5.32 Å². The molecule has 0 aromatic heterocycles. The van der Waals surface area contributed by atoms with Crippen molar-refractivity contribution < 1.29 is 24.0 Å². The van der Waals surface area contributed by atoms with Crippen LogP contribution < -0.4 is 10.1 Å². The van der Waals surface area contributed by atoms with Crippen LogP contribution in [0.15, 0.2) is 72.8 Å². The van der Waals surface area contributed by atoms with Gasteiger partial charge in [-0.1, -0.05) is 55.5 Å². The van der Waals surface area contributed by atoms with Crippen LogP contribution >= 0.6 is 0 Å². The number of esters is 1. The summed E-state index contributed by atoms with van der Waals surface area (Å²) in [7, 11) is 0. The number of carbonyl (C=O) groups is 2. The number of hydrogen-bond acceptors (Lipinski definition) is 6. The highest BCUT2D eigenvalue weighted by molar-refractivity contribution is 5.83. The summed E-state index contributed by atoms with van der Waals surface area (Å²) in [6.07, 6.45) is -0.430. The highest BCUT2D eigenvalue weighted by Crippen LogP contribution is 2.44. The lowest BCUT2D eigenvalue weighted by Gasteiger charge is -2.18. The van der Waals surface area contributed by atoms with Crippen LogP contribution in [-0.4, -0.2) is 29.6 Å². The molecular formula is C25H22N2O6. The lowest BCUT2D eigenvalue weighted by molar-refractivity contribution is -0.384. The second kappa shape index (κ2) is 9.52. The number of non-ortho nitro benzene ring substituents is 1. The highest BCUT2D eigenvalue weighted by atomic mass is 16.6. The van der Waals surface area contributed by atoms with Crippen LogP contribution in [0.3, 0.4) is 0 Å². The second-order valence-electron chi connectivity index (χ2n) is 7.60.